The summed E-state index contributed by atoms with van der Waals surface area (Å²) in [5.41, 5.74) is 2.47. The second kappa shape index (κ2) is 4.57. The van der Waals surface area contributed by atoms with Crippen LogP contribution in [0, 0.1) is 6.92 Å². The Morgan fingerprint density at radius 1 is 1.28 bits per heavy atom. The van der Waals surface area contributed by atoms with Gasteiger partial charge in [-0.25, -0.2) is 9.97 Å². The van der Waals surface area contributed by atoms with Crippen LogP contribution in [-0.4, -0.2) is 28.3 Å². The number of hydrogen-bond donors (Lipinski definition) is 0. The van der Waals surface area contributed by atoms with Crippen molar-refractivity contribution in [3.05, 3.63) is 23.9 Å². The largest absolute Gasteiger partial charge is 0.350 e. The molecular formula is C14H19N3S. The molecule has 3 heterocycles. The zero-order valence-corrected chi connectivity index (χ0v) is 11.8. The van der Waals surface area contributed by atoms with Crippen molar-refractivity contribution in [2.45, 2.75) is 49.8 Å². The van der Waals surface area contributed by atoms with Gasteiger partial charge in [0.15, 0.2) is 5.16 Å². The van der Waals surface area contributed by atoms with Gasteiger partial charge in [0, 0.05) is 23.8 Å². The molecular weight excluding hydrogens is 242 g/mol. The minimum absolute atomic E-state index is 0.611. The van der Waals surface area contributed by atoms with E-state index in [1.54, 1.807) is 11.8 Å². The molecule has 0 spiro atoms. The molecule has 0 aromatic carbocycles. The van der Waals surface area contributed by atoms with Crippen LogP contribution in [0.3, 0.4) is 0 Å². The minimum atomic E-state index is 0.611. The summed E-state index contributed by atoms with van der Waals surface area (Å²) in [6.07, 6.45) is 6.86. The van der Waals surface area contributed by atoms with Crippen LogP contribution in [0.4, 0.5) is 5.82 Å². The Hall–Kier alpha value is -1.03. The van der Waals surface area contributed by atoms with Gasteiger partial charge in [0.05, 0.1) is 0 Å². The lowest BCUT2D eigenvalue weighted by molar-refractivity contribution is 0.543. The van der Waals surface area contributed by atoms with Gasteiger partial charge in [0.2, 0.25) is 0 Å². The van der Waals surface area contributed by atoms with E-state index >= 15 is 0 Å². The van der Waals surface area contributed by atoms with Gasteiger partial charge in [-0.2, -0.15) is 0 Å². The number of fused-ring (bicyclic) bond motifs is 2. The fourth-order valence-electron chi connectivity index (χ4n) is 3.23. The number of hydrogen-bond acceptors (Lipinski definition) is 4. The van der Waals surface area contributed by atoms with Gasteiger partial charge >= 0.3 is 0 Å². The smallest absolute Gasteiger partial charge is 0.189 e. The van der Waals surface area contributed by atoms with Crippen molar-refractivity contribution >= 4 is 17.6 Å². The Morgan fingerprint density at radius 3 is 2.56 bits per heavy atom. The maximum absolute atomic E-state index is 4.69. The SMILES string of the molecule is C=C1CC2CCC(C1)N2c1cc(C)nc(SC)n1. The van der Waals surface area contributed by atoms with E-state index in [0.29, 0.717) is 12.1 Å². The topological polar surface area (TPSA) is 29.0 Å². The van der Waals surface area contributed by atoms with Crippen LogP contribution in [0.25, 0.3) is 0 Å². The van der Waals surface area contributed by atoms with Crippen LogP contribution in [0.15, 0.2) is 23.4 Å². The van der Waals surface area contributed by atoms with E-state index < -0.39 is 0 Å². The molecule has 2 aliphatic heterocycles. The molecule has 2 fully saturated rings. The van der Waals surface area contributed by atoms with E-state index in [-0.39, 0.29) is 0 Å². The second-order valence-corrected chi connectivity index (χ2v) is 6.08. The maximum atomic E-state index is 4.69. The highest BCUT2D eigenvalue weighted by Crippen LogP contribution is 2.40. The first-order valence-corrected chi connectivity index (χ1v) is 7.74. The van der Waals surface area contributed by atoms with Crippen LogP contribution < -0.4 is 4.90 Å². The zero-order valence-electron chi connectivity index (χ0n) is 11.0. The van der Waals surface area contributed by atoms with Crippen molar-refractivity contribution < 1.29 is 0 Å². The van der Waals surface area contributed by atoms with Gasteiger partial charge < -0.3 is 4.90 Å². The third-order valence-corrected chi connectivity index (χ3v) is 4.48. The molecule has 3 nitrogen and oxygen atoms in total. The number of rotatable bonds is 2. The summed E-state index contributed by atoms with van der Waals surface area (Å²) in [6, 6.07) is 3.35. The lowest BCUT2D eigenvalue weighted by Crippen LogP contribution is -2.41. The molecule has 0 radical (unpaired) electrons. The Labute approximate surface area is 113 Å². The molecule has 18 heavy (non-hydrogen) atoms. The first-order valence-electron chi connectivity index (χ1n) is 6.52. The van der Waals surface area contributed by atoms with Crippen molar-refractivity contribution in [1.82, 2.24) is 9.97 Å². The quantitative estimate of drug-likeness (QED) is 0.464. The molecule has 2 unspecified atom stereocenters. The number of anilines is 1. The van der Waals surface area contributed by atoms with E-state index in [2.05, 4.69) is 34.4 Å². The standard InChI is InChI=1S/C14H19N3S/c1-9-6-11-4-5-12(7-9)17(11)13-8-10(2)15-14(16-13)18-3/h8,11-12H,1,4-7H2,2-3H3. The highest BCUT2D eigenvalue weighted by atomic mass is 32.2. The molecule has 96 valence electrons. The zero-order chi connectivity index (χ0) is 12.7. The Bertz CT molecular complexity index is 470. The van der Waals surface area contributed by atoms with Gasteiger partial charge in [-0.15, -0.1) is 0 Å². The van der Waals surface area contributed by atoms with E-state index in [9.17, 15) is 0 Å². The molecule has 2 atom stereocenters. The van der Waals surface area contributed by atoms with Crippen LogP contribution in [0.2, 0.25) is 0 Å². The third-order valence-electron chi connectivity index (χ3n) is 3.94. The first kappa shape index (κ1) is 12.0. The number of nitrogens with zero attached hydrogens (tertiary/aromatic N) is 3. The Morgan fingerprint density at radius 2 is 1.94 bits per heavy atom. The van der Waals surface area contributed by atoms with Gasteiger partial charge in [-0.3, -0.25) is 0 Å². The molecule has 2 saturated heterocycles. The summed E-state index contributed by atoms with van der Waals surface area (Å²) < 4.78 is 0. The second-order valence-electron chi connectivity index (χ2n) is 5.30. The van der Waals surface area contributed by atoms with Gasteiger partial charge in [-0.05, 0) is 38.9 Å². The van der Waals surface area contributed by atoms with Crippen LogP contribution in [-0.2, 0) is 0 Å². The molecule has 1 aromatic rings. The summed E-state index contributed by atoms with van der Waals surface area (Å²) in [6.45, 7) is 6.22. The number of thioether (sulfide) groups is 1. The molecule has 0 saturated carbocycles. The summed E-state index contributed by atoms with van der Waals surface area (Å²) in [4.78, 5) is 11.6. The molecule has 2 bridgehead atoms. The third kappa shape index (κ3) is 2.03. The van der Waals surface area contributed by atoms with Crippen molar-refractivity contribution in [3.8, 4) is 0 Å². The maximum Gasteiger partial charge on any atom is 0.189 e. The molecule has 0 N–H and O–H groups in total. The van der Waals surface area contributed by atoms with Crippen molar-refractivity contribution in [1.29, 1.82) is 0 Å². The number of piperidine rings is 1. The molecule has 3 rings (SSSR count). The summed E-state index contributed by atoms with van der Waals surface area (Å²) >= 11 is 1.62. The minimum Gasteiger partial charge on any atom is -0.350 e. The normalized spacial score (nSPS) is 26.8. The molecule has 1 aromatic heterocycles. The van der Waals surface area contributed by atoms with Crippen molar-refractivity contribution in [3.63, 3.8) is 0 Å². The summed E-state index contributed by atoms with van der Waals surface area (Å²) in [7, 11) is 0. The first-order chi connectivity index (χ1) is 8.67. The van der Waals surface area contributed by atoms with Crippen LogP contribution in [0.5, 0.6) is 0 Å². The van der Waals surface area contributed by atoms with Gasteiger partial charge in [0.25, 0.3) is 0 Å². The monoisotopic (exact) mass is 261 g/mol. The van der Waals surface area contributed by atoms with E-state index in [0.717, 1.165) is 29.5 Å². The molecule has 0 amide bonds. The highest BCUT2D eigenvalue weighted by molar-refractivity contribution is 7.98. The highest BCUT2D eigenvalue weighted by Gasteiger charge is 2.38. The van der Waals surface area contributed by atoms with Crippen molar-refractivity contribution in [2.75, 3.05) is 11.2 Å². The molecule has 2 aliphatic rings. The fourth-order valence-corrected chi connectivity index (χ4v) is 3.65. The average molecular weight is 261 g/mol. The van der Waals surface area contributed by atoms with E-state index in [1.807, 2.05) is 6.26 Å². The van der Waals surface area contributed by atoms with Gasteiger partial charge in [0.1, 0.15) is 5.82 Å². The van der Waals surface area contributed by atoms with Crippen LogP contribution in [0.1, 0.15) is 31.4 Å². The number of aryl methyl sites for hydroxylation is 1. The lowest BCUT2D eigenvalue weighted by atomic mass is 9.98. The van der Waals surface area contributed by atoms with E-state index in [1.165, 1.54) is 18.4 Å². The fraction of sp³-hybridized carbons (Fsp3) is 0.571. The average Bonchev–Trinajstić information content (AvgIpc) is 2.61. The van der Waals surface area contributed by atoms with E-state index in [4.69, 9.17) is 0 Å². The predicted molar refractivity (Wildman–Crippen MR) is 76.2 cm³/mol. The van der Waals surface area contributed by atoms with Crippen LogP contribution >= 0.6 is 11.8 Å². The summed E-state index contributed by atoms with van der Waals surface area (Å²) in [5, 5.41) is 0.883. The number of aromatic nitrogens is 2. The Balaban J connectivity index is 1.95. The molecule has 0 aliphatic carbocycles. The predicted octanol–water partition coefficient (Wildman–Crippen LogP) is 3.19. The van der Waals surface area contributed by atoms with Crippen molar-refractivity contribution in [2.24, 2.45) is 0 Å². The van der Waals surface area contributed by atoms with Gasteiger partial charge in [-0.1, -0.05) is 23.9 Å². The Kier molecular flexibility index (Phi) is 3.06. The molecule has 4 heteroatoms. The summed E-state index contributed by atoms with van der Waals surface area (Å²) in [5.74, 6) is 1.12. The lowest BCUT2D eigenvalue weighted by Gasteiger charge is -2.37.